The zero-order chi connectivity index (χ0) is 12.8. The Kier molecular flexibility index (Phi) is 2.69. The van der Waals surface area contributed by atoms with Crippen molar-refractivity contribution in [3.8, 4) is 0 Å². The lowest BCUT2D eigenvalue weighted by Crippen LogP contribution is -2.35. The molecular formula is C15H18O2. The number of benzene rings is 1. The minimum Gasteiger partial charge on any atom is -0.298 e. The van der Waals surface area contributed by atoms with E-state index in [2.05, 4.69) is 0 Å². The van der Waals surface area contributed by atoms with Gasteiger partial charge in [-0.3, -0.25) is 9.59 Å². The van der Waals surface area contributed by atoms with Crippen LogP contribution in [-0.4, -0.2) is 11.6 Å². The van der Waals surface area contributed by atoms with Gasteiger partial charge in [-0.2, -0.15) is 0 Å². The van der Waals surface area contributed by atoms with E-state index in [0.29, 0.717) is 12.8 Å². The molecular weight excluding hydrogens is 212 g/mol. The zero-order valence-electron chi connectivity index (χ0n) is 10.9. The van der Waals surface area contributed by atoms with Crippen LogP contribution in [-0.2, 0) is 15.0 Å². The highest BCUT2D eigenvalue weighted by Crippen LogP contribution is 2.38. The fourth-order valence-electron chi connectivity index (χ4n) is 3.13. The molecule has 0 aliphatic heterocycles. The van der Waals surface area contributed by atoms with Crippen LogP contribution >= 0.6 is 0 Å². The van der Waals surface area contributed by atoms with Gasteiger partial charge in [-0.1, -0.05) is 17.7 Å². The van der Waals surface area contributed by atoms with Gasteiger partial charge in [-0.25, -0.2) is 0 Å². The molecule has 1 aromatic rings. The molecule has 1 fully saturated rings. The number of Topliss-reactive ketones (excluding diaryl/α,β-unsaturated/α-hetero) is 2. The lowest BCUT2D eigenvalue weighted by atomic mass is 9.75. The Balaban J connectivity index is 2.69. The van der Waals surface area contributed by atoms with E-state index in [0.717, 1.165) is 16.7 Å². The molecule has 0 bridgehead atoms. The van der Waals surface area contributed by atoms with Crippen LogP contribution in [0.15, 0.2) is 12.1 Å². The topological polar surface area (TPSA) is 34.1 Å². The van der Waals surface area contributed by atoms with Crippen molar-refractivity contribution in [1.29, 1.82) is 0 Å². The molecule has 0 N–H and O–H groups in total. The largest absolute Gasteiger partial charge is 0.298 e. The molecule has 0 radical (unpaired) electrons. The molecule has 0 amide bonds. The molecule has 0 aromatic heterocycles. The van der Waals surface area contributed by atoms with E-state index < -0.39 is 5.41 Å². The number of carbonyl (C=O) groups is 2. The first-order valence-corrected chi connectivity index (χ1v) is 6.02. The van der Waals surface area contributed by atoms with Gasteiger partial charge >= 0.3 is 0 Å². The average molecular weight is 230 g/mol. The molecule has 1 aliphatic rings. The Bertz CT molecular complexity index is 473. The third kappa shape index (κ3) is 1.63. The monoisotopic (exact) mass is 230 g/mol. The fraction of sp³-hybridized carbons (Fsp3) is 0.467. The maximum atomic E-state index is 12.1. The van der Waals surface area contributed by atoms with Crippen molar-refractivity contribution in [3.63, 3.8) is 0 Å². The van der Waals surface area contributed by atoms with Gasteiger partial charge in [0.15, 0.2) is 11.6 Å². The molecule has 1 aliphatic carbocycles. The van der Waals surface area contributed by atoms with Crippen LogP contribution in [0.4, 0.5) is 0 Å². The van der Waals surface area contributed by atoms with Crippen LogP contribution in [0.3, 0.4) is 0 Å². The number of hydrogen-bond acceptors (Lipinski definition) is 2. The first kappa shape index (κ1) is 12.0. The van der Waals surface area contributed by atoms with E-state index in [9.17, 15) is 9.59 Å². The van der Waals surface area contributed by atoms with Crippen molar-refractivity contribution in [1.82, 2.24) is 0 Å². The van der Waals surface area contributed by atoms with Crippen molar-refractivity contribution in [2.75, 3.05) is 0 Å². The molecule has 0 unspecified atom stereocenters. The van der Waals surface area contributed by atoms with Gasteiger partial charge in [-0.15, -0.1) is 0 Å². The quantitative estimate of drug-likeness (QED) is 0.695. The first-order chi connectivity index (χ1) is 7.87. The van der Waals surface area contributed by atoms with E-state index in [1.807, 2.05) is 32.9 Å². The highest BCUT2D eigenvalue weighted by molar-refractivity contribution is 6.17. The minimum atomic E-state index is -0.901. The molecule has 0 saturated heterocycles. The van der Waals surface area contributed by atoms with Crippen molar-refractivity contribution in [2.24, 2.45) is 0 Å². The Morgan fingerprint density at radius 1 is 0.941 bits per heavy atom. The van der Waals surface area contributed by atoms with Crippen LogP contribution in [0, 0.1) is 20.8 Å². The summed E-state index contributed by atoms with van der Waals surface area (Å²) in [7, 11) is 0. The zero-order valence-corrected chi connectivity index (χ0v) is 10.9. The van der Waals surface area contributed by atoms with E-state index in [-0.39, 0.29) is 11.6 Å². The molecule has 1 aromatic carbocycles. The number of hydrogen-bond donors (Lipinski definition) is 0. The van der Waals surface area contributed by atoms with E-state index in [1.165, 1.54) is 5.56 Å². The number of ketones is 2. The molecule has 2 heteroatoms. The second kappa shape index (κ2) is 3.80. The first-order valence-electron chi connectivity index (χ1n) is 6.02. The Labute approximate surface area is 102 Å². The fourth-order valence-corrected chi connectivity index (χ4v) is 3.13. The molecule has 0 spiro atoms. The smallest absolute Gasteiger partial charge is 0.151 e. The molecule has 2 nitrogen and oxygen atoms in total. The summed E-state index contributed by atoms with van der Waals surface area (Å²) >= 11 is 0. The summed E-state index contributed by atoms with van der Waals surface area (Å²) in [5, 5.41) is 0. The third-order valence-electron chi connectivity index (χ3n) is 3.87. The highest BCUT2D eigenvalue weighted by Gasteiger charge is 2.47. The predicted octanol–water partition coefficient (Wildman–Crippen LogP) is 2.80. The average Bonchev–Trinajstić information content (AvgIpc) is 2.45. The standard InChI is InChI=1S/C15H18O2/c1-9-7-10(2)14(11(3)8-9)15(4)12(16)5-6-13(15)17/h7-8H,5-6H2,1-4H3. The molecule has 90 valence electrons. The van der Waals surface area contributed by atoms with E-state index in [4.69, 9.17) is 0 Å². The summed E-state index contributed by atoms with van der Waals surface area (Å²) in [6, 6.07) is 4.10. The number of aryl methyl sites for hydroxylation is 3. The molecule has 1 saturated carbocycles. The van der Waals surface area contributed by atoms with Crippen LogP contribution in [0.2, 0.25) is 0 Å². The number of rotatable bonds is 1. The summed E-state index contributed by atoms with van der Waals surface area (Å²) in [4.78, 5) is 24.2. The Morgan fingerprint density at radius 2 is 1.35 bits per heavy atom. The molecule has 17 heavy (non-hydrogen) atoms. The van der Waals surface area contributed by atoms with Crippen LogP contribution in [0.5, 0.6) is 0 Å². The second-order valence-corrected chi connectivity index (χ2v) is 5.25. The highest BCUT2D eigenvalue weighted by atomic mass is 16.2. The van der Waals surface area contributed by atoms with E-state index in [1.54, 1.807) is 6.92 Å². The van der Waals surface area contributed by atoms with Gasteiger partial charge in [0.1, 0.15) is 5.41 Å². The normalized spacial score (nSPS) is 18.8. The predicted molar refractivity (Wildman–Crippen MR) is 67.3 cm³/mol. The molecule has 0 heterocycles. The summed E-state index contributed by atoms with van der Waals surface area (Å²) in [5.74, 6) is 0.134. The maximum Gasteiger partial charge on any atom is 0.151 e. The summed E-state index contributed by atoms with van der Waals surface area (Å²) < 4.78 is 0. The third-order valence-corrected chi connectivity index (χ3v) is 3.87. The molecule has 0 atom stereocenters. The van der Waals surface area contributed by atoms with Crippen LogP contribution < -0.4 is 0 Å². The minimum absolute atomic E-state index is 0.0672. The lowest BCUT2D eigenvalue weighted by molar-refractivity contribution is -0.128. The van der Waals surface area contributed by atoms with Gasteiger partial charge in [0.25, 0.3) is 0 Å². The SMILES string of the molecule is Cc1cc(C)c(C2(C)C(=O)CCC2=O)c(C)c1. The van der Waals surface area contributed by atoms with Gasteiger partial charge in [-0.05, 0) is 44.4 Å². The van der Waals surface area contributed by atoms with Gasteiger partial charge < -0.3 is 0 Å². The van der Waals surface area contributed by atoms with Gasteiger partial charge in [0.2, 0.25) is 0 Å². The second-order valence-electron chi connectivity index (χ2n) is 5.25. The van der Waals surface area contributed by atoms with Crippen molar-refractivity contribution < 1.29 is 9.59 Å². The Hall–Kier alpha value is -1.44. The maximum absolute atomic E-state index is 12.1. The molecule has 2 rings (SSSR count). The van der Waals surface area contributed by atoms with Crippen molar-refractivity contribution in [3.05, 3.63) is 34.4 Å². The van der Waals surface area contributed by atoms with Crippen molar-refractivity contribution >= 4 is 11.6 Å². The van der Waals surface area contributed by atoms with Crippen LogP contribution in [0.1, 0.15) is 42.0 Å². The summed E-state index contributed by atoms with van der Waals surface area (Å²) in [5.41, 5.74) is 3.30. The van der Waals surface area contributed by atoms with Gasteiger partial charge in [0, 0.05) is 12.8 Å². The van der Waals surface area contributed by atoms with Crippen molar-refractivity contribution in [2.45, 2.75) is 46.0 Å². The Morgan fingerprint density at radius 3 is 1.76 bits per heavy atom. The summed E-state index contributed by atoms with van der Waals surface area (Å²) in [6.07, 6.45) is 0.782. The lowest BCUT2D eigenvalue weighted by Gasteiger charge is -2.25. The van der Waals surface area contributed by atoms with E-state index >= 15 is 0 Å². The summed E-state index contributed by atoms with van der Waals surface area (Å²) in [6.45, 7) is 7.79. The van der Waals surface area contributed by atoms with Crippen LogP contribution in [0.25, 0.3) is 0 Å². The van der Waals surface area contributed by atoms with Gasteiger partial charge in [0.05, 0.1) is 0 Å². The number of carbonyl (C=O) groups excluding carboxylic acids is 2.